The van der Waals surface area contributed by atoms with Gasteiger partial charge in [0.05, 0.1) is 12.2 Å². The topological polar surface area (TPSA) is 80.9 Å². The Balaban J connectivity index is 1.58. The van der Waals surface area contributed by atoms with E-state index in [1.165, 1.54) is 0 Å². The second-order valence-corrected chi connectivity index (χ2v) is 7.80. The van der Waals surface area contributed by atoms with Crippen molar-refractivity contribution >= 4 is 0 Å². The second-order valence-electron chi connectivity index (χ2n) is 7.80. The molecule has 0 aliphatic heterocycles. The zero-order chi connectivity index (χ0) is 21.6. The molecule has 0 saturated carbocycles. The zero-order valence-corrected chi connectivity index (χ0v) is 17.8. The van der Waals surface area contributed by atoms with Crippen LogP contribution < -0.4 is 0 Å². The molecule has 0 amide bonds. The minimum atomic E-state index is -0.444. The molecule has 0 aliphatic carbocycles. The highest BCUT2D eigenvalue weighted by Crippen LogP contribution is 2.21. The van der Waals surface area contributed by atoms with Gasteiger partial charge in [0.25, 0.3) is 0 Å². The predicted molar refractivity (Wildman–Crippen MR) is 121 cm³/mol. The lowest BCUT2D eigenvalue weighted by atomic mass is 10.0. The van der Waals surface area contributed by atoms with E-state index in [9.17, 15) is 10.2 Å². The van der Waals surface area contributed by atoms with Crippen LogP contribution in [0.4, 0.5) is 0 Å². The van der Waals surface area contributed by atoms with Crippen LogP contribution in [0.2, 0.25) is 0 Å². The molecule has 4 heteroatoms. The molecule has 164 valence electrons. The summed E-state index contributed by atoms with van der Waals surface area (Å²) in [6.07, 6.45) is 9.93. The van der Waals surface area contributed by atoms with Gasteiger partial charge in [0.2, 0.25) is 0 Å². The Bertz CT molecular complexity index is 658. The Morgan fingerprint density at radius 3 is 1.30 bits per heavy atom. The predicted octanol–water partition coefficient (Wildman–Crippen LogP) is 4.42. The average Bonchev–Trinajstić information content (AvgIpc) is 2.76. The normalized spacial score (nSPS) is 13.6. The van der Waals surface area contributed by atoms with Crippen LogP contribution in [0.3, 0.4) is 0 Å². The van der Waals surface area contributed by atoms with Gasteiger partial charge in [-0.1, -0.05) is 60.7 Å². The van der Waals surface area contributed by atoms with Crippen LogP contribution in [0.1, 0.15) is 73.0 Å². The lowest BCUT2D eigenvalue weighted by molar-refractivity contribution is 0.164. The minimum Gasteiger partial charge on any atom is -0.396 e. The highest BCUT2D eigenvalue weighted by Gasteiger charge is 2.07. The smallest absolute Gasteiger partial charge is 0.0790 e. The highest BCUT2D eigenvalue weighted by molar-refractivity contribution is 5.25. The third-order valence-electron chi connectivity index (χ3n) is 5.39. The third kappa shape index (κ3) is 8.80. The van der Waals surface area contributed by atoms with Gasteiger partial charge in [-0.05, 0) is 73.6 Å². The first kappa shape index (κ1) is 24.3. The van der Waals surface area contributed by atoms with E-state index in [0.29, 0.717) is 12.8 Å². The van der Waals surface area contributed by atoms with Crippen molar-refractivity contribution in [3.05, 3.63) is 82.9 Å². The summed E-state index contributed by atoms with van der Waals surface area (Å²) in [6, 6.07) is 15.6. The van der Waals surface area contributed by atoms with E-state index in [-0.39, 0.29) is 13.2 Å². The molecule has 4 N–H and O–H groups in total. The van der Waals surface area contributed by atoms with Crippen LogP contribution in [0, 0.1) is 0 Å². The Hall–Kier alpha value is -1.98. The van der Waals surface area contributed by atoms with Gasteiger partial charge >= 0.3 is 0 Å². The molecule has 2 rings (SSSR count). The molecule has 0 saturated heterocycles. The first-order valence-corrected chi connectivity index (χ1v) is 11.0. The number of rotatable bonds is 14. The van der Waals surface area contributed by atoms with E-state index in [0.717, 1.165) is 60.8 Å². The summed E-state index contributed by atoms with van der Waals surface area (Å²) in [5, 5.41) is 38.5. The van der Waals surface area contributed by atoms with Crippen LogP contribution in [-0.4, -0.2) is 33.6 Å². The quantitative estimate of drug-likeness (QED) is 0.273. The Morgan fingerprint density at radius 2 is 0.967 bits per heavy atom. The van der Waals surface area contributed by atoms with E-state index in [1.807, 2.05) is 48.5 Å². The highest BCUT2D eigenvalue weighted by atomic mass is 16.3. The molecule has 2 atom stereocenters. The van der Waals surface area contributed by atoms with Crippen LogP contribution >= 0.6 is 0 Å². The Morgan fingerprint density at radius 1 is 0.600 bits per heavy atom. The first-order chi connectivity index (χ1) is 14.6. The third-order valence-corrected chi connectivity index (χ3v) is 5.39. The summed E-state index contributed by atoms with van der Waals surface area (Å²) in [7, 11) is 0. The van der Waals surface area contributed by atoms with Crippen molar-refractivity contribution in [3.8, 4) is 0 Å². The van der Waals surface area contributed by atoms with E-state index in [1.54, 1.807) is 0 Å². The van der Waals surface area contributed by atoms with E-state index >= 15 is 0 Å². The molecule has 0 aromatic heterocycles. The van der Waals surface area contributed by atoms with Crippen molar-refractivity contribution in [1.29, 1.82) is 0 Å². The molecule has 2 aromatic rings. The number of hydrogen-bond donors (Lipinski definition) is 4. The fraction of sp³-hybridized carbons (Fsp3) is 0.462. The minimum absolute atomic E-state index is 0.145. The SMILES string of the molecule is OCCc1ccc(C(O)CCC/C=C/CCCC(O)c2ccc(CCO)cc2)cc1. The van der Waals surface area contributed by atoms with Crippen LogP contribution in [-0.2, 0) is 12.8 Å². The summed E-state index contributed by atoms with van der Waals surface area (Å²) < 4.78 is 0. The van der Waals surface area contributed by atoms with E-state index in [2.05, 4.69) is 12.2 Å². The summed E-state index contributed by atoms with van der Waals surface area (Å²) >= 11 is 0. The van der Waals surface area contributed by atoms with Gasteiger partial charge in [-0.3, -0.25) is 0 Å². The van der Waals surface area contributed by atoms with Gasteiger partial charge in [-0.15, -0.1) is 0 Å². The van der Waals surface area contributed by atoms with Gasteiger partial charge in [0.15, 0.2) is 0 Å². The van der Waals surface area contributed by atoms with Crippen molar-refractivity contribution in [2.45, 2.75) is 63.6 Å². The van der Waals surface area contributed by atoms with Crippen molar-refractivity contribution in [3.63, 3.8) is 0 Å². The van der Waals surface area contributed by atoms with Crippen molar-refractivity contribution in [2.24, 2.45) is 0 Å². The first-order valence-electron chi connectivity index (χ1n) is 11.0. The number of unbranched alkanes of at least 4 members (excludes halogenated alkanes) is 2. The van der Waals surface area contributed by atoms with Crippen LogP contribution in [0.15, 0.2) is 60.7 Å². The Labute approximate surface area is 180 Å². The molecule has 0 radical (unpaired) electrons. The second kappa shape index (κ2) is 14.1. The van der Waals surface area contributed by atoms with E-state index in [4.69, 9.17) is 10.2 Å². The molecule has 30 heavy (non-hydrogen) atoms. The van der Waals surface area contributed by atoms with Gasteiger partial charge in [-0.2, -0.15) is 0 Å². The van der Waals surface area contributed by atoms with E-state index < -0.39 is 12.2 Å². The maximum atomic E-state index is 10.3. The number of benzene rings is 2. The Kier molecular flexibility index (Phi) is 11.4. The van der Waals surface area contributed by atoms with Crippen LogP contribution in [0.5, 0.6) is 0 Å². The molecule has 0 fully saturated rings. The number of hydrogen-bond acceptors (Lipinski definition) is 4. The molecule has 0 spiro atoms. The van der Waals surface area contributed by atoms with Gasteiger partial charge in [0.1, 0.15) is 0 Å². The van der Waals surface area contributed by atoms with Crippen LogP contribution in [0.25, 0.3) is 0 Å². The molecular weight excluding hydrogens is 376 g/mol. The lowest BCUT2D eigenvalue weighted by Gasteiger charge is -2.11. The molecule has 2 aromatic carbocycles. The standard InChI is InChI=1S/C26H36O4/c27-19-17-21-9-13-23(14-10-21)25(29)7-5-3-1-2-4-6-8-26(30)24-15-11-22(12-16-24)18-20-28/h1-2,9-16,25-30H,3-8,17-20H2/b2-1+. The van der Waals surface area contributed by atoms with Gasteiger partial charge in [0, 0.05) is 13.2 Å². The van der Waals surface area contributed by atoms with Crippen molar-refractivity contribution in [1.82, 2.24) is 0 Å². The van der Waals surface area contributed by atoms with Crippen molar-refractivity contribution in [2.75, 3.05) is 13.2 Å². The largest absolute Gasteiger partial charge is 0.396 e. The fourth-order valence-corrected chi connectivity index (χ4v) is 3.50. The zero-order valence-electron chi connectivity index (χ0n) is 17.8. The molecular formula is C26H36O4. The molecule has 0 bridgehead atoms. The lowest BCUT2D eigenvalue weighted by Crippen LogP contribution is -1.98. The summed E-state index contributed by atoms with van der Waals surface area (Å²) in [5.41, 5.74) is 4.03. The van der Waals surface area contributed by atoms with Gasteiger partial charge < -0.3 is 20.4 Å². The molecule has 0 aliphatic rings. The number of allylic oxidation sites excluding steroid dienone is 2. The number of aliphatic hydroxyl groups is 4. The summed E-state index contributed by atoms with van der Waals surface area (Å²) in [4.78, 5) is 0. The molecule has 2 unspecified atom stereocenters. The average molecular weight is 413 g/mol. The maximum Gasteiger partial charge on any atom is 0.0790 e. The fourth-order valence-electron chi connectivity index (χ4n) is 3.50. The molecule has 0 heterocycles. The molecule has 4 nitrogen and oxygen atoms in total. The number of aliphatic hydroxyl groups excluding tert-OH is 4. The summed E-state index contributed by atoms with van der Waals surface area (Å²) in [5.74, 6) is 0. The van der Waals surface area contributed by atoms with Crippen molar-refractivity contribution < 1.29 is 20.4 Å². The monoisotopic (exact) mass is 412 g/mol. The van der Waals surface area contributed by atoms with Gasteiger partial charge in [-0.25, -0.2) is 0 Å². The summed E-state index contributed by atoms with van der Waals surface area (Å²) in [6.45, 7) is 0.289. The maximum absolute atomic E-state index is 10.3.